The summed E-state index contributed by atoms with van der Waals surface area (Å²) in [4.78, 5) is 15.5. The van der Waals surface area contributed by atoms with Crippen molar-refractivity contribution in [2.75, 3.05) is 6.54 Å². The molecule has 1 amide bonds. The van der Waals surface area contributed by atoms with Crippen LogP contribution in [0, 0.1) is 5.82 Å². The SMILES string of the molecule is O=C(NCCc1nnc2n1CCCC2)c1cncc(F)c1. The van der Waals surface area contributed by atoms with Crippen molar-refractivity contribution in [3.8, 4) is 0 Å². The van der Waals surface area contributed by atoms with Crippen LogP contribution in [0.5, 0.6) is 0 Å². The van der Waals surface area contributed by atoms with Gasteiger partial charge in [0.15, 0.2) is 0 Å². The Morgan fingerprint density at radius 3 is 3.10 bits per heavy atom. The van der Waals surface area contributed by atoms with Gasteiger partial charge in [-0.15, -0.1) is 10.2 Å². The molecule has 0 unspecified atom stereocenters. The zero-order valence-electron chi connectivity index (χ0n) is 11.5. The number of hydrogen-bond acceptors (Lipinski definition) is 4. The van der Waals surface area contributed by atoms with Crippen molar-refractivity contribution < 1.29 is 9.18 Å². The van der Waals surface area contributed by atoms with Crippen molar-refractivity contribution in [2.45, 2.75) is 32.2 Å². The second-order valence-electron chi connectivity index (χ2n) is 5.04. The average Bonchev–Trinajstić information content (AvgIpc) is 2.91. The summed E-state index contributed by atoms with van der Waals surface area (Å²) in [6, 6.07) is 1.17. The van der Waals surface area contributed by atoms with Crippen molar-refractivity contribution in [3.05, 3.63) is 41.5 Å². The van der Waals surface area contributed by atoms with Crippen molar-refractivity contribution in [3.63, 3.8) is 0 Å². The van der Waals surface area contributed by atoms with Crippen LogP contribution in [0.3, 0.4) is 0 Å². The molecule has 7 heteroatoms. The molecule has 0 atom stereocenters. The summed E-state index contributed by atoms with van der Waals surface area (Å²) in [6.45, 7) is 1.38. The summed E-state index contributed by atoms with van der Waals surface area (Å²) in [6.07, 6.45) is 6.28. The van der Waals surface area contributed by atoms with Gasteiger partial charge in [0.1, 0.15) is 17.5 Å². The number of aryl methyl sites for hydroxylation is 1. The number of amides is 1. The van der Waals surface area contributed by atoms with E-state index in [1.54, 1.807) is 0 Å². The van der Waals surface area contributed by atoms with Crippen molar-refractivity contribution >= 4 is 5.91 Å². The molecule has 0 saturated carbocycles. The number of rotatable bonds is 4. The first-order chi connectivity index (χ1) is 10.2. The Hall–Kier alpha value is -2.31. The van der Waals surface area contributed by atoms with Gasteiger partial charge in [0.25, 0.3) is 5.91 Å². The molecule has 0 bridgehead atoms. The molecular weight excluding hydrogens is 273 g/mol. The summed E-state index contributed by atoms with van der Waals surface area (Å²) in [5, 5.41) is 11.1. The Bertz CT molecular complexity index is 655. The monoisotopic (exact) mass is 289 g/mol. The van der Waals surface area contributed by atoms with Gasteiger partial charge in [-0.25, -0.2) is 4.39 Å². The molecule has 0 aromatic carbocycles. The second kappa shape index (κ2) is 5.99. The quantitative estimate of drug-likeness (QED) is 0.915. The van der Waals surface area contributed by atoms with E-state index in [-0.39, 0.29) is 11.5 Å². The lowest BCUT2D eigenvalue weighted by atomic mass is 10.1. The molecule has 2 aromatic heterocycles. The molecule has 0 spiro atoms. The van der Waals surface area contributed by atoms with Crippen LogP contribution in [-0.2, 0) is 19.4 Å². The Kier molecular flexibility index (Phi) is 3.89. The standard InChI is InChI=1S/C14H16FN5O/c15-11-7-10(8-16-9-11)14(21)17-5-4-13-19-18-12-3-1-2-6-20(12)13/h7-9H,1-6H2,(H,17,21). The number of aromatic nitrogens is 4. The topological polar surface area (TPSA) is 72.7 Å². The maximum Gasteiger partial charge on any atom is 0.252 e. The molecule has 2 aromatic rings. The van der Waals surface area contributed by atoms with Crippen LogP contribution >= 0.6 is 0 Å². The van der Waals surface area contributed by atoms with E-state index in [9.17, 15) is 9.18 Å². The number of nitrogens with one attached hydrogen (secondary N) is 1. The fraction of sp³-hybridized carbons (Fsp3) is 0.429. The number of nitrogens with zero attached hydrogens (tertiary/aromatic N) is 4. The summed E-state index contributed by atoms with van der Waals surface area (Å²) >= 11 is 0. The fourth-order valence-corrected chi connectivity index (χ4v) is 2.48. The highest BCUT2D eigenvalue weighted by molar-refractivity contribution is 5.93. The molecule has 1 aliphatic heterocycles. The number of pyridine rings is 1. The van der Waals surface area contributed by atoms with Gasteiger partial charge in [-0.2, -0.15) is 0 Å². The molecule has 3 rings (SSSR count). The minimum absolute atomic E-state index is 0.221. The summed E-state index contributed by atoms with van der Waals surface area (Å²) in [7, 11) is 0. The van der Waals surface area contributed by atoms with Gasteiger partial charge < -0.3 is 9.88 Å². The lowest BCUT2D eigenvalue weighted by molar-refractivity contribution is 0.0953. The van der Waals surface area contributed by atoms with Gasteiger partial charge in [0, 0.05) is 32.1 Å². The van der Waals surface area contributed by atoms with Crippen molar-refractivity contribution in [1.82, 2.24) is 25.1 Å². The van der Waals surface area contributed by atoms with E-state index >= 15 is 0 Å². The molecule has 110 valence electrons. The van der Waals surface area contributed by atoms with Gasteiger partial charge >= 0.3 is 0 Å². The van der Waals surface area contributed by atoms with Crippen molar-refractivity contribution in [1.29, 1.82) is 0 Å². The minimum Gasteiger partial charge on any atom is -0.352 e. The van der Waals surface area contributed by atoms with Crippen LogP contribution in [0.1, 0.15) is 34.8 Å². The first-order valence-electron chi connectivity index (χ1n) is 7.04. The number of hydrogen-bond donors (Lipinski definition) is 1. The first-order valence-corrected chi connectivity index (χ1v) is 7.04. The van der Waals surface area contributed by atoms with E-state index in [4.69, 9.17) is 0 Å². The van der Waals surface area contributed by atoms with Crippen molar-refractivity contribution in [2.24, 2.45) is 0 Å². The Labute approximate surface area is 121 Å². The average molecular weight is 289 g/mol. The predicted molar refractivity (Wildman–Crippen MR) is 73.2 cm³/mol. The molecule has 0 radical (unpaired) electrons. The maximum absolute atomic E-state index is 13.0. The van der Waals surface area contributed by atoms with Gasteiger partial charge in [0.05, 0.1) is 11.8 Å². The lowest BCUT2D eigenvalue weighted by Gasteiger charge is -2.14. The molecule has 6 nitrogen and oxygen atoms in total. The van der Waals surface area contributed by atoms with E-state index in [1.807, 2.05) is 0 Å². The predicted octanol–water partition coefficient (Wildman–Crippen LogP) is 1.12. The van der Waals surface area contributed by atoms with Crippen LogP contribution in [0.15, 0.2) is 18.5 Å². The summed E-state index contributed by atoms with van der Waals surface area (Å²) in [5.41, 5.74) is 0.221. The van der Waals surface area contributed by atoms with Crippen LogP contribution in [0.2, 0.25) is 0 Å². The smallest absolute Gasteiger partial charge is 0.252 e. The second-order valence-corrected chi connectivity index (χ2v) is 5.04. The highest BCUT2D eigenvalue weighted by Gasteiger charge is 2.15. The van der Waals surface area contributed by atoms with E-state index in [2.05, 4.69) is 25.1 Å². The lowest BCUT2D eigenvalue weighted by Crippen LogP contribution is -2.27. The van der Waals surface area contributed by atoms with Crippen LogP contribution in [0.25, 0.3) is 0 Å². The molecular formula is C14H16FN5O. The Balaban J connectivity index is 1.56. The third kappa shape index (κ3) is 3.07. The number of carbonyl (C=O) groups is 1. The molecule has 0 aliphatic carbocycles. The largest absolute Gasteiger partial charge is 0.352 e. The maximum atomic E-state index is 13.0. The molecule has 1 N–H and O–H groups in total. The Morgan fingerprint density at radius 2 is 2.24 bits per heavy atom. The number of carbonyl (C=O) groups excluding carboxylic acids is 1. The van der Waals surface area contributed by atoms with E-state index in [0.29, 0.717) is 13.0 Å². The fourth-order valence-electron chi connectivity index (χ4n) is 2.48. The highest BCUT2D eigenvalue weighted by atomic mass is 19.1. The summed E-state index contributed by atoms with van der Waals surface area (Å²) in [5.74, 6) is 1.06. The molecule has 21 heavy (non-hydrogen) atoms. The van der Waals surface area contributed by atoms with Crippen LogP contribution < -0.4 is 5.32 Å². The van der Waals surface area contributed by atoms with E-state index in [1.165, 1.54) is 12.3 Å². The van der Waals surface area contributed by atoms with E-state index < -0.39 is 5.82 Å². The highest BCUT2D eigenvalue weighted by Crippen LogP contribution is 2.14. The zero-order chi connectivity index (χ0) is 14.7. The molecule has 3 heterocycles. The molecule has 1 aliphatic rings. The van der Waals surface area contributed by atoms with Gasteiger partial charge in [-0.1, -0.05) is 0 Å². The van der Waals surface area contributed by atoms with Crippen LogP contribution in [-0.4, -0.2) is 32.2 Å². The third-order valence-corrected chi connectivity index (χ3v) is 3.54. The van der Waals surface area contributed by atoms with Crippen LogP contribution in [0.4, 0.5) is 4.39 Å². The molecule has 0 saturated heterocycles. The first kappa shape index (κ1) is 13.7. The van der Waals surface area contributed by atoms with E-state index in [0.717, 1.165) is 43.7 Å². The number of halogens is 1. The summed E-state index contributed by atoms with van der Waals surface area (Å²) < 4.78 is 15.1. The third-order valence-electron chi connectivity index (χ3n) is 3.54. The van der Waals surface area contributed by atoms with Gasteiger partial charge in [-0.05, 0) is 18.9 Å². The normalized spacial score (nSPS) is 13.8. The molecule has 0 fully saturated rings. The Morgan fingerprint density at radius 1 is 1.33 bits per heavy atom. The number of fused-ring (bicyclic) bond motifs is 1. The zero-order valence-corrected chi connectivity index (χ0v) is 11.5. The van der Waals surface area contributed by atoms with Gasteiger partial charge in [-0.3, -0.25) is 9.78 Å². The minimum atomic E-state index is -0.519. The van der Waals surface area contributed by atoms with Gasteiger partial charge in [0.2, 0.25) is 0 Å².